The van der Waals surface area contributed by atoms with E-state index in [4.69, 9.17) is 0 Å². The average molecular weight is 258 g/mol. The van der Waals surface area contributed by atoms with Gasteiger partial charge in [-0.25, -0.2) is 0 Å². The Hall–Kier alpha value is -2.34. The summed E-state index contributed by atoms with van der Waals surface area (Å²) in [7, 11) is -1.16. The Balaban J connectivity index is 2.81. The quantitative estimate of drug-likeness (QED) is 0.521. The van der Waals surface area contributed by atoms with Gasteiger partial charge < -0.3 is 15.6 Å². The van der Waals surface area contributed by atoms with Crippen LogP contribution in [0.15, 0.2) is 49.1 Å². The van der Waals surface area contributed by atoms with Gasteiger partial charge in [-0.2, -0.15) is 0 Å². The van der Waals surface area contributed by atoms with E-state index in [-0.39, 0.29) is 5.91 Å². The predicted molar refractivity (Wildman–Crippen MR) is 75.8 cm³/mol. The number of carbonyl (C=O) groups excluding carboxylic acids is 2. The molecule has 19 heavy (non-hydrogen) atoms. The van der Waals surface area contributed by atoms with Crippen molar-refractivity contribution in [2.24, 2.45) is 0 Å². The molecule has 5 nitrogen and oxygen atoms in total. The SMILES string of the molecule is C=CC(=O)NB(O)c1cccc(NC(=O)C(=C)C)c1. The predicted octanol–water partition coefficient (Wildman–Crippen LogP) is 0.191. The zero-order valence-corrected chi connectivity index (χ0v) is 10.6. The Morgan fingerprint density at radius 3 is 2.68 bits per heavy atom. The van der Waals surface area contributed by atoms with Crippen molar-refractivity contribution in [3.8, 4) is 0 Å². The standard InChI is InChI=1S/C13H15BN2O3/c1-4-12(17)16-14(19)10-6-5-7-11(8-10)15-13(18)9(2)3/h4-8,19H,1-2H2,3H3,(H,15,18)(H,16,17). The zero-order valence-electron chi connectivity index (χ0n) is 10.6. The molecule has 1 aromatic carbocycles. The summed E-state index contributed by atoms with van der Waals surface area (Å²) in [5, 5.41) is 14.7. The first-order chi connectivity index (χ1) is 8.93. The van der Waals surface area contributed by atoms with Crippen LogP contribution in [0.3, 0.4) is 0 Å². The van der Waals surface area contributed by atoms with Crippen molar-refractivity contribution < 1.29 is 14.6 Å². The second kappa shape index (κ2) is 6.56. The molecule has 0 bridgehead atoms. The van der Waals surface area contributed by atoms with Crippen LogP contribution in [0.5, 0.6) is 0 Å². The lowest BCUT2D eigenvalue weighted by Gasteiger charge is -2.10. The van der Waals surface area contributed by atoms with E-state index in [1.165, 1.54) is 0 Å². The smallest absolute Gasteiger partial charge is 0.429 e. The molecule has 1 aromatic rings. The maximum absolute atomic E-state index is 11.5. The Labute approximate surface area is 112 Å². The molecular weight excluding hydrogens is 243 g/mol. The van der Waals surface area contributed by atoms with Gasteiger partial charge in [-0.15, -0.1) is 0 Å². The Bertz CT molecular complexity index is 528. The van der Waals surface area contributed by atoms with E-state index >= 15 is 0 Å². The van der Waals surface area contributed by atoms with Gasteiger partial charge in [0.1, 0.15) is 0 Å². The lowest BCUT2D eigenvalue weighted by atomic mass is 9.74. The van der Waals surface area contributed by atoms with Gasteiger partial charge in [0.2, 0.25) is 5.91 Å². The van der Waals surface area contributed by atoms with E-state index in [9.17, 15) is 14.6 Å². The Kier molecular flexibility index (Phi) is 5.08. The van der Waals surface area contributed by atoms with Crippen LogP contribution >= 0.6 is 0 Å². The van der Waals surface area contributed by atoms with Gasteiger partial charge >= 0.3 is 7.05 Å². The minimum absolute atomic E-state index is 0.304. The highest BCUT2D eigenvalue weighted by molar-refractivity contribution is 6.66. The third kappa shape index (κ3) is 4.44. The number of hydrogen-bond acceptors (Lipinski definition) is 3. The number of amides is 2. The fourth-order valence-corrected chi connectivity index (χ4v) is 1.30. The van der Waals surface area contributed by atoms with Crippen LogP contribution < -0.4 is 16.0 Å². The van der Waals surface area contributed by atoms with Crippen molar-refractivity contribution in [3.05, 3.63) is 49.1 Å². The number of hydrogen-bond donors (Lipinski definition) is 3. The fraction of sp³-hybridized carbons (Fsp3) is 0.0769. The number of rotatable bonds is 5. The molecule has 98 valence electrons. The second-order valence-electron chi connectivity index (χ2n) is 3.98. The second-order valence-corrected chi connectivity index (χ2v) is 3.98. The van der Waals surface area contributed by atoms with E-state index in [0.717, 1.165) is 6.08 Å². The van der Waals surface area contributed by atoms with Crippen LogP contribution in [0.2, 0.25) is 0 Å². The number of nitrogens with one attached hydrogen (secondary N) is 2. The molecule has 6 heteroatoms. The van der Waals surface area contributed by atoms with Gasteiger partial charge in [-0.3, -0.25) is 9.59 Å². The first-order valence-electron chi connectivity index (χ1n) is 5.62. The maximum atomic E-state index is 11.5. The van der Waals surface area contributed by atoms with Crippen molar-refractivity contribution >= 4 is 30.0 Å². The van der Waals surface area contributed by atoms with Crippen molar-refractivity contribution in [1.82, 2.24) is 5.23 Å². The van der Waals surface area contributed by atoms with Gasteiger partial charge in [0.15, 0.2) is 0 Å². The van der Waals surface area contributed by atoms with Crippen LogP contribution in [0.4, 0.5) is 5.69 Å². The van der Waals surface area contributed by atoms with Crippen LogP contribution in [0.1, 0.15) is 6.92 Å². The summed E-state index contributed by atoms with van der Waals surface area (Å²) in [5.74, 6) is -0.786. The summed E-state index contributed by atoms with van der Waals surface area (Å²) in [6, 6.07) is 6.53. The Morgan fingerprint density at radius 1 is 1.42 bits per heavy atom. The molecule has 0 saturated heterocycles. The molecule has 1 rings (SSSR count). The largest absolute Gasteiger partial charge is 0.449 e. The monoisotopic (exact) mass is 258 g/mol. The van der Waals surface area contributed by atoms with E-state index < -0.39 is 13.0 Å². The van der Waals surface area contributed by atoms with E-state index in [1.54, 1.807) is 31.2 Å². The van der Waals surface area contributed by atoms with Gasteiger partial charge in [-0.1, -0.05) is 25.3 Å². The van der Waals surface area contributed by atoms with Gasteiger partial charge in [0.25, 0.3) is 5.91 Å². The molecule has 0 saturated carbocycles. The minimum Gasteiger partial charge on any atom is -0.429 e. The zero-order chi connectivity index (χ0) is 14.4. The molecule has 0 radical (unpaired) electrons. The van der Waals surface area contributed by atoms with Gasteiger partial charge in [0.05, 0.1) is 0 Å². The fourth-order valence-electron chi connectivity index (χ4n) is 1.30. The van der Waals surface area contributed by atoms with E-state index in [0.29, 0.717) is 16.7 Å². The molecule has 0 heterocycles. The summed E-state index contributed by atoms with van der Waals surface area (Å²) >= 11 is 0. The highest BCUT2D eigenvalue weighted by atomic mass is 16.2. The minimum atomic E-state index is -1.16. The normalized spacial score (nSPS) is 9.37. The first-order valence-corrected chi connectivity index (χ1v) is 5.62. The molecule has 0 aliphatic carbocycles. The van der Waals surface area contributed by atoms with Crippen molar-refractivity contribution in [3.63, 3.8) is 0 Å². The van der Waals surface area contributed by atoms with Crippen molar-refractivity contribution in [1.29, 1.82) is 0 Å². The van der Waals surface area contributed by atoms with Gasteiger partial charge in [-0.05, 0) is 30.6 Å². The molecule has 0 fully saturated rings. The molecule has 0 aliphatic heterocycles. The van der Waals surface area contributed by atoms with Crippen LogP contribution in [-0.4, -0.2) is 23.9 Å². The van der Waals surface area contributed by atoms with Crippen molar-refractivity contribution in [2.75, 3.05) is 5.32 Å². The molecule has 0 unspecified atom stereocenters. The molecule has 0 atom stereocenters. The number of benzene rings is 1. The summed E-state index contributed by atoms with van der Waals surface area (Å²) < 4.78 is 0. The lowest BCUT2D eigenvalue weighted by Crippen LogP contribution is -2.47. The van der Waals surface area contributed by atoms with E-state index in [2.05, 4.69) is 23.7 Å². The third-order valence-corrected chi connectivity index (χ3v) is 2.31. The maximum Gasteiger partial charge on any atom is 0.449 e. The Morgan fingerprint density at radius 2 is 2.11 bits per heavy atom. The molecule has 0 spiro atoms. The summed E-state index contributed by atoms with van der Waals surface area (Å²) in [5.41, 5.74) is 1.35. The number of carbonyl (C=O) groups is 2. The molecule has 0 aliphatic rings. The lowest BCUT2D eigenvalue weighted by molar-refractivity contribution is -0.115. The molecular formula is C13H15BN2O3. The highest BCUT2D eigenvalue weighted by Gasteiger charge is 2.17. The summed E-state index contributed by atoms with van der Waals surface area (Å²) in [6.45, 7) is 8.42. The third-order valence-electron chi connectivity index (χ3n) is 2.31. The molecule has 2 amide bonds. The molecule has 3 N–H and O–H groups in total. The first kappa shape index (κ1) is 14.7. The van der Waals surface area contributed by atoms with Crippen LogP contribution in [0.25, 0.3) is 0 Å². The van der Waals surface area contributed by atoms with Crippen LogP contribution in [-0.2, 0) is 9.59 Å². The summed E-state index contributed by atoms with van der Waals surface area (Å²) in [6.07, 6.45) is 1.07. The van der Waals surface area contributed by atoms with Crippen LogP contribution in [0, 0.1) is 0 Å². The van der Waals surface area contributed by atoms with Gasteiger partial charge in [0, 0.05) is 11.3 Å². The number of anilines is 1. The van der Waals surface area contributed by atoms with E-state index in [1.807, 2.05) is 0 Å². The summed E-state index contributed by atoms with van der Waals surface area (Å²) in [4.78, 5) is 22.5. The average Bonchev–Trinajstić information content (AvgIpc) is 2.38. The molecule has 0 aromatic heterocycles. The highest BCUT2D eigenvalue weighted by Crippen LogP contribution is 2.05. The topological polar surface area (TPSA) is 78.4 Å². The van der Waals surface area contributed by atoms with Crippen molar-refractivity contribution in [2.45, 2.75) is 6.92 Å².